The molecule has 0 radical (unpaired) electrons. The zero-order chi connectivity index (χ0) is 10.6. The minimum atomic E-state index is -0.369. The lowest BCUT2D eigenvalue weighted by Crippen LogP contribution is -2.21. The van der Waals surface area contributed by atoms with Gasteiger partial charge in [0.05, 0.1) is 5.69 Å². The molecule has 1 aromatic rings. The summed E-state index contributed by atoms with van der Waals surface area (Å²) in [5.41, 5.74) is 0.368. The van der Waals surface area contributed by atoms with E-state index in [2.05, 4.69) is 15.3 Å². The lowest BCUT2D eigenvalue weighted by molar-refractivity contribution is 0.424. The Morgan fingerprint density at radius 2 is 2.14 bits per heavy atom. The first-order chi connectivity index (χ1) is 6.61. The number of rotatable bonds is 4. The summed E-state index contributed by atoms with van der Waals surface area (Å²) in [5.74, 6) is -0.0920. The molecule has 5 heteroatoms. The molecule has 0 saturated heterocycles. The summed E-state index contributed by atoms with van der Waals surface area (Å²) in [5, 5.41) is 2.92. The lowest BCUT2D eigenvalue weighted by Gasteiger charge is -2.11. The predicted octanol–water partition coefficient (Wildman–Crippen LogP) is 0.898. The first-order valence-corrected chi connectivity index (χ1v) is 4.47. The first kappa shape index (κ1) is 10.8. The largest absolute Gasteiger partial charge is 0.366 e. The van der Waals surface area contributed by atoms with Crippen LogP contribution in [0.5, 0.6) is 0 Å². The van der Waals surface area contributed by atoms with Gasteiger partial charge in [-0.1, -0.05) is 0 Å². The van der Waals surface area contributed by atoms with Crippen LogP contribution >= 0.6 is 0 Å². The highest BCUT2D eigenvalue weighted by atomic mass is 19.1. The van der Waals surface area contributed by atoms with Gasteiger partial charge in [-0.3, -0.25) is 0 Å². The molecule has 0 aliphatic rings. The third kappa shape index (κ3) is 2.92. The molecule has 1 rings (SSSR count). The normalized spacial score (nSPS) is 10.6. The summed E-state index contributed by atoms with van der Waals surface area (Å²) in [4.78, 5) is 9.58. The molecular formula is C9H15FN4. The molecular weight excluding hydrogens is 183 g/mol. The Bertz CT molecular complexity index is 301. The highest BCUT2D eigenvalue weighted by Crippen LogP contribution is 2.10. The average molecular weight is 198 g/mol. The number of halogens is 1. The molecule has 4 nitrogen and oxygen atoms in total. The molecule has 0 aliphatic heterocycles. The molecule has 1 aromatic heterocycles. The van der Waals surface area contributed by atoms with Gasteiger partial charge >= 0.3 is 0 Å². The van der Waals surface area contributed by atoms with Crippen molar-refractivity contribution in [3.05, 3.63) is 17.8 Å². The molecule has 0 unspecified atom stereocenters. The van der Waals surface area contributed by atoms with Crippen LogP contribution < -0.4 is 5.32 Å². The van der Waals surface area contributed by atoms with Crippen molar-refractivity contribution < 1.29 is 4.39 Å². The summed E-state index contributed by atoms with van der Waals surface area (Å²) >= 11 is 0. The Morgan fingerprint density at radius 3 is 2.79 bits per heavy atom. The van der Waals surface area contributed by atoms with E-state index in [1.165, 1.54) is 6.33 Å². The van der Waals surface area contributed by atoms with E-state index in [9.17, 15) is 4.39 Å². The van der Waals surface area contributed by atoms with Crippen molar-refractivity contribution in [3.8, 4) is 0 Å². The third-order valence-electron chi connectivity index (χ3n) is 1.82. The highest BCUT2D eigenvalue weighted by molar-refractivity contribution is 5.36. The number of aryl methyl sites for hydroxylation is 1. The van der Waals surface area contributed by atoms with Crippen molar-refractivity contribution in [1.29, 1.82) is 0 Å². The van der Waals surface area contributed by atoms with E-state index in [1.54, 1.807) is 6.92 Å². The van der Waals surface area contributed by atoms with E-state index in [0.29, 0.717) is 12.2 Å². The van der Waals surface area contributed by atoms with Gasteiger partial charge in [-0.15, -0.1) is 0 Å². The Hall–Kier alpha value is -1.23. The molecule has 0 bridgehead atoms. The van der Waals surface area contributed by atoms with Gasteiger partial charge in [-0.25, -0.2) is 14.4 Å². The van der Waals surface area contributed by atoms with Crippen LogP contribution in [-0.2, 0) is 0 Å². The van der Waals surface area contributed by atoms with Gasteiger partial charge in [0, 0.05) is 13.1 Å². The second-order valence-corrected chi connectivity index (χ2v) is 3.35. The van der Waals surface area contributed by atoms with E-state index in [0.717, 1.165) is 6.54 Å². The third-order valence-corrected chi connectivity index (χ3v) is 1.82. The van der Waals surface area contributed by atoms with Crippen LogP contribution in [0.25, 0.3) is 0 Å². The molecule has 0 fully saturated rings. The van der Waals surface area contributed by atoms with Gasteiger partial charge in [0.1, 0.15) is 6.33 Å². The van der Waals surface area contributed by atoms with Crippen molar-refractivity contribution in [2.75, 3.05) is 32.5 Å². The number of hydrogen-bond acceptors (Lipinski definition) is 4. The fourth-order valence-corrected chi connectivity index (χ4v) is 0.979. The topological polar surface area (TPSA) is 41.1 Å². The summed E-state index contributed by atoms with van der Waals surface area (Å²) in [7, 11) is 3.92. The van der Waals surface area contributed by atoms with Crippen LogP contribution in [0.4, 0.5) is 10.2 Å². The summed E-state index contributed by atoms with van der Waals surface area (Å²) < 4.78 is 13.3. The predicted molar refractivity (Wildman–Crippen MR) is 53.8 cm³/mol. The van der Waals surface area contributed by atoms with Crippen molar-refractivity contribution in [2.45, 2.75) is 6.92 Å². The number of likely N-dealkylation sites (N-methyl/N-ethyl adjacent to an activating group) is 1. The van der Waals surface area contributed by atoms with Crippen LogP contribution in [0.2, 0.25) is 0 Å². The second kappa shape index (κ2) is 4.85. The van der Waals surface area contributed by atoms with E-state index in [1.807, 2.05) is 19.0 Å². The molecule has 0 saturated carbocycles. The SMILES string of the molecule is Cc1ncnc(NCCN(C)C)c1F. The van der Waals surface area contributed by atoms with Crippen molar-refractivity contribution in [3.63, 3.8) is 0 Å². The second-order valence-electron chi connectivity index (χ2n) is 3.35. The minimum Gasteiger partial charge on any atom is -0.366 e. The van der Waals surface area contributed by atoms with Crippen molar-refractivity contribution >= 4 is 5.82 Å². The molecule has 0 amide bonds. The number of aromatic nitrogens is 2. The van der Waals surface area contributed by atoms with Gasteiger partial charge < -0.3 is 10.2 Å². The maximum atomic E-state index is 13.3. The maximum Gasteiger partial charge on any atom is 0.186 e. The monoisotopic (exact) mass is 198 g/mol. The molecule has 14 heavy (non-hydrogen) atoms. The van der Waals surface area contributed by atoms with Crippen LogP contribution in [0.1, 0.15) is 5.69 Å². The lowest BCUT2D eigenvalue weighted by atomic mass is 10.4. The molecule has 0 aliphatic carbocycles. The zero-order valence-corrected chi connectivity index (χ0v) is 8.71. The fourth-order valence-electron chi connectivity index (χ4n) is 0.979. The van der Waals surface area contributed by atoms with Crippen LogP contribution in [-0.4, -0.2) is 42.1 Å². The number of nitrogens with zero attached hydrogens (tertiary/aromatic N) is 3. The quantitative estimate of drug-likeness (QED) is 0.780. The minimum absolute atomic E-state index is 0.277. The Morgan fingerprint density at radius 1 is 1.43 bits per heavy atom. The average Bonchev–Trinajstić information content (AvgIpc) is 2.12. The Labute approximate surface area is 83.2 Å². The van der Waals surface area contributed by atoms with Gasteiger partial charge in [0.25, 0.3) is 0 Å². The summed E-state index contributed by atoms with van der Waals surface area (Å²) in [6.45, 7) is 3.12. The standard InChI is InChI=1S/C9H15FN4/c1-7-8(10)9(13-6-12-7)11-4-5-14(2)3/h6H,4-5H2,1-3H3,(H,11,12,13). The van der Waals surface area contributed by atoms with Crippen LogP contribution in [0.3, 0.4) is 0 Å². The molecule has 1 heterocycles. The van der Waals surface area contributed by atoms with Crippen molar-refractivity contribution in [1.82, 2.24) is 14.9 Å². The van der Waals surface area contributed by atoms with Crippen LogP contribution in [0.15, 0.2) is 6.33 Å². The van der Waals surface area contributed by atoms with E-state index >= 15 is 0 Å². The Balaban J connectivity index is 2.54. The van der Waals surface area contributed by atoms with Gasteiger partial charge in [0.15, 0.2) is 11.6 Å². The zero-order valence-electron chi connectivity index (χ0n) is 8.71. The smallest absolute Gasteiger partial charge is 0.186 e. The van der Waals surface area contributed by atoms with Gasteiger partial charge in [-0.2, -0.15) is 0 Å². The summed E-state index contributed by atoms with van der Waals surface area (Å²) in [6, 6.07) is 0. The maximum absolute atomic E-state index is 13.3. The Kier molecular flexibility index (Phi) is 3.76. The molecule has 1 N–H and O–H groups in total. The molecule has 0 aromatic carbocycles. The number of hydrogen-bond donors (Lipinski definition) is 1. The van der Waals surface area contributed by atoms with E-state index < -0.39 is 0 Å². The van der Waals surface area contributed by atoms with Gasteiger partial charge in [0.2, 0.25) is 0 Å². The highest BCUT2D eigenvalue weighted by Gasteiger charge is 2.05. The fraction of sp³-hybridized carbons (Fsp3) is 0.556. The molecule has 78 valence electrons. The first-order valence-electron chi connectivity index (χ1n) is 4.47. The summed E-state index contributed by atoms with van der Waals surface area (Å²) in [6.07, 6.45) is 1.36. The van der Waals surface area contributed by atoms with Crippen molar-refractivity contribution in [2.24, 2.45) is 0 Å². The number of nitrogens with one attached hydrogen (secondary N) is 1. The number of anilines is 1. The van der Waals surface area contributed by atoms with Gasteiger partial charge in [-0.05, 0) is 21.0 Å². The molecule has 0 atom stereocenters. The van der Waals surface area contributed by atoms with E-state index in [4.69, 9.17) is 0 Å². The van der Waals surface area contributed by atoms with E-state index in [-0.39, 0.29) is 11.6 Å². The molecule has 0 spiro atoms. The van der Waals surface area contributed by atoms with Crippen LogP contribution in [0, 0.1) is 12.7 Å².